The smallest absolute Gasteiger partial charge is 0.226 e. The Kier molecular flexibility index (Phi) is 5.65. The van der Waals surface area contributed by atoms with Gasteiger partial charge in [0.25, 0.3) is 0 Å². The fourth-order valence-electron chi connectivity index (χ4n) is 1.81. The molecule has 0 aliphatic rings. The zero-order valence-electron chi connectivity index (χ0n) is 11.3. The first-order chi connectivity index (χ1) is 8.56. The van der Waals surface area contributed by atoms with E-state index in [1.165, 1.54) is 0 Å². The minimum absolute atomic E-state index is 0.0712. The number of methoxy groups -OCH3 is 1. The maximum Gasteiger partial charge on any atom is 0.226 e. The number of carbonyl (C=O) groups excluding carboxylic acids is 1. The Morgan fingerprint density at radius 1 is 1.50 bits per heavy atom. The summed E-state index contributed by atoms with van der Waals surface area (Å²) in [7, 11) is 1.59. The van der Waals surface area contributed by atoms with Gasteiger partial charge in [-0.05, 0) is 31.0 Å². The summed E-state index contributed by atoms with van der Waals surface area (Å²) in [6.45, 7) is 4.03. The molecule has 0 heterocycles. The van der Waals surface area contributed by atoms with E-state index in [2.05, 4.69) is 12.2 Å². The van der Waals surface area contributed by atoms with Crippen molar-refractivity contribution in [1.29, 1.82) is 0 Å². The number of carbonyl (C=O) groups is 1. The molecule has 0 aliphatic heterocycles. The molecule has 1 amide bonds. The van der Waals surface area contributed by atoms with E-state index >= 15 is 0 Å². The molecule has 1 rings (SSSR count). The van der Waals surface area contributed by atoms with Gasteiger partial charge in [0.1, 0.15) is 5.75 Å². The normalized spacial score (nSPS) is 12.0. The second kappa shape index (κ2) is 7.01. The Hall–Kier alpha value is -1.55. The van der Waals surface area contributed by atoms with Gasteiger partial charge in [0, 0.05) is 12.5 Å². The number of rotatable bonds is 6. The van der Waals surface area contributed by atoms with Gasteiger partial charge in [-0.25, -0.2) is 0 Å². The van der Waals surface area contributed by atoms with E-state index in [1.807, 2.05) is 25.1 Å². The maximum atomic E-state index is 11.8. The lowest BCUT2D eigenvalue weighted by Crippen LogP contribution is -2.27. The molecular formula is C14H22N2O2. The molecular weight excluding hydrogens is 228 g/mol. The predicted octanol–water partition coefficient (Wildman–Crippen LogP) is 2.46. The first kappa shape index (κ1) is 14.5. The van der Waals surface area contributed by atoms with Crippen molar-refractivity contribution >= 4 is 11.6 Å². The summed E-state index contributed by atoms with van der Waals surface area (Å²) in [6.07, 6.45) is 2.19. The van der Waals surface area contributed by atoms with Crippen LogP contribution in [-0.2, 0) is 4.79 Å². The van der Waals surface area contributed by atoms with Crippen molar-refractivity contribution in [3.63, 3.8) is 0 Å². The van der Waals surface area contributed by atoms with E-state index in [0.717, 1.165) is 18.4 Å². The summed E-state index contributed by atoms with van der Waals surface area (Å²) in [6, 6.07) is 5.59. The molecule has 1 aromatic carbocycles. The fraction of sp³-hybridized carbons (Fsp3) is 0.500. The Morgan fingerprint density at radius 3 is 2.83 bits per heavy atom. The first-order valence-corrected chi connectivity index (χ1v) is 6.27. The topological polar surface area (TPSA) is 64.4 Å². The molecule has 100 valence electrons. The third kappa shape index (κ3) is 4.37. The van der Waals surface area contributed by atoms with Gasteiger partial charge >= 0.3 is 0 Å². The number of hydrogen-bond acceptors (Lipinski definition) is 3. The van der Waals surface area contributed by atoms with Gasteiger partial charge in [-0.15, -0.1) is 0 Å². The summed E-state index contributed by atoms with van der Waals surface area (Å²) in [5.41, 5.74) is 7.62. The lowest BCUT2D eigenvalue weighted by atomic mass is 10.1. The van der Waals surface area contributed by atoms with Crippen molar-refractivity contribution in [2.45, 2.75) is 39.2 Å². The first-order valence-electron chi connectivity index (χ1n) is 6.27. The van der Waals surface area contributed by atoms with Crippen LogP contribution in [0.15, 0.2) is 18.2 Å². The molecule has 0 bridgehead atoms. The number of nitrogens with two attached hydrogens (primary N) is 1. The molecule has 1 atom stereocenters. The Balaban J connectivity index is 2.64. The number of anilines is 1. The Bertz CT molecular complexity index is 405. The van der Waals surface area contributed by atoms with Crippen molar-refractivity contribution in [3.05, 3.63) is 23.8 Å². The van der Waals surface area contributed by atoms with E-state index in [-0.39, 0.29) is 11.9 Å². The highest BCUT2D eigenvalue weighted by Gasteiger charge is 2.11. The van der Waals surface area contributed by atoms with Crippen LogP contribution in [-0.4, -0.2) is 19.1 Å². The van der Waals surface area contributed by atoms with E-state index in [4.69, 9.17) is 10.5 Å². The van der Waals surface area contributed by atoms with Gasteiger partial charge < -0.3 is 15.8 Å². The number of aryl methyl sites for hydroxylation is 1. The minimum Gasteiger partial charge on any atom is -0.495 e. The number of hydrogen-bond donors (Lipinski definition) is 2. The second-order valence-electron chi connectivity index (χ2n) is 4.50. The van der Waals surface area contributed by atoms with Gasteiger partial charge in [0.2, 0.25) is 5.91 Å². The van der Waals surface area contributed by atoms with Crippen LogP contribution in [0.3, 0.4) is 0 Å². The SMILES string of the molecule is CCCC(N)CC(=O)Nc1ccc(C)cc1OC. The number of ether oxygens (including phenoxy) is 1. The molecule has 0 radical (unpaired) electrons. The van der Waals surface area contributed by atoms with Gasteiger partial charge in [0.05, 0.1) is 12.8 Å². The van der Waals surface area contributed by atoms with Gasteiger partial charge in [-0.3, -0.25) is 4.79 Å². The molecule has 1 aromatic rings. The average molecular weight is 250 g/mol. The van der Waals surface area contributed by atoms with Crippen LogP contribution in [0.25, 0.3) is 0 Å². The largest absolute Gasteiger partial charge is 0.495 e. The molecule has 0 aromatic heterocycles. The summed E-state index contributed by atoms with van der Waals surface area (Å²) in [4.78, 5) is 11.8. The average Bonchev–Trinajstić information content (AvgIpc) is 2.31. The highest BCUT2D eigenvalue weighted by molar-refractivity contribution is 5.92. The molecule has 0 fully saturated rings. The lowest BCUT2D eigenvalue weighted by molar-refractivity contribution is -0.116. The van der Waals surface area contributed by atoms with Gasteiger partial charge in [-0.2, -0.15) is 0 Å². The molecule has 0 saturated heterocycles. The number of amides is 1. The van der Waals surface area contributed by atoms with Crippen LogP contribution in [0.5, 0.6) is 5.75 Å². The highest BCUT2D eigenvalue weighted by Crippen LogP contribution is 2.25. The molecule has 4 heteroatoms. The van der Waals surface area contributed by atoms with E-state index in [9.17, 15) is 4.79 Å². The van der Waals surface area contributed by atoms with Gasteiger partial charge in [0.15, 0.2) is 0 Å². The Labute approximate surface area is 109 Å². The van der Waals surface area contributed by atoms with Crippen LogP contribution < -0.4 is 15.8 Å². The summed E-state index contributed by atoms with van der Waals surface area (Å²) in [5, 5.41) is 2.83. The summed E-state index contributed by atoms with van der Waals surface area (Å²) in [5.74, 6) is 0.602. The molecule has 18 heavy (non-hydrogen) atoms. The van der Waals surface area contributed by atoms with E-state index in [0.29, 0.717) is 17.9 Å². The summed E-state index contributed by atoms with van der Waals surface area (Å²) < 4.78 is 5.23. The van der Waals surface area contributed by atoms with E-state index < -0.39 is 0 Å². The number of nitrogens with one attached hydrogen (secondary N) is 1. The van der Waals surface area contributed by atoms with Crippen molar-refractivity contribution < 1.29 is 9.53 Å². The highest BCUT2D eigenvalue weighted by atomic mass is 16.5. The maximum absolute atomic E-state index is 11.8. The number of benzene rings is 1. The van der Waals surface area contributed by atoms with Crippen molar-refractivity contribution in [3.8, 4) is 5.75 Å². The van der Waals surface area contributed by atoms with Crippen LogP contribution in [0.1, 0.15) is 31.7 Å². The third-order valence-corrected chi connectivity index (χ3v) is 2.74. The lowest BCUT2D eigenvalue weighted by Gasteiger charge is -2.13. The third-order valence-electron chi connectivity index (χ3n) is 2.74. The second-order valence-corrected chi connectivity index (χ2v) is 4.50. The van der Waals surface area contributed by atoms with Gasteiger partial charge in [-0.1, -0.05) is 19.4 Å². The van der Waals surface area contributed by atoms with Crippen LogP contribution in [0, 0.1) is 6.92 Å². The molecule has 4 nitrogen and oxygen atoms in total. The quantitative estimate of drug-likeness (QED) is 0.815. The molecule has 0 saturated carbocycles. The standard InChI is InChI=1S/C14H22N2O2/c1-4-5-11(15)9-14(17)16-12-7-6-10(2)8-13(12)18-3/h6-8,11H,4-5,9,15H2,1-3H3,(H,16,17). The van der Waals surface area contributed by atoms with E-state index in [1.54, 1.807) is 7.11 Å². The van der Waals surface area contributed by atoms with Crippen LogP contribution in [0.4, 0.5) is 5.69 Å². The van der Waals surface area contributed by atoms with Crippen molar-refractivity contribution in [1.82, 2.24) is 0 Å². The molecule has 1 unspecified atom stereocenters. The minimum atomic E-state index is -0.0774. The molecule has 0 spiro atoms. The van der Waals surface area contributed by atoms with Crippen LogP contribution >= 0.6 is 0 Å². The van der Waals surface area contributed by atoms with Crippen LogP contribution in [0.2, 0.25) is 0 Å². The zero-order valence-corrected chi connectivity index (χ0v) is 11.3. The predicted molar refractivity (Wildman–Crippen MR) is 73.9 cm³/mol. The molecule has 3 N–H and O–H groups in total. The summed E-state index contributed by atoms with van der Waals surface area (Å²) >= 11 is 0. The Morgan fingerprint density at radius 2 is 2.22 bits per heavy atom. The fourth-order valence-corrected chi connectivity index (χ4v) is 1.81. The zero-order chi connectivity index (χ0) is 13.5. The molecule has 0 aliphatic carbocycles. The van der Waals surface area contributed by atoms with Crippen molar-refractivity contribution in [2.24, 2.45) is 5.73 Å². The monoisotopic (exact) mass is 250 g/mol. The van der Waals surface area contributed by atoms with Crippen molar-refractivity contribution in [2.75, 3.05) is 12.4 Å².